The standard InChI is InChI=1S/C34H52N4O5/c1-8-9-10-11-12-13-14-15-16-25-17-19-27(20-18-25)31-36-29(43-37-31)21-26-23-38(24-26)28(22-30(39)41-33(2,3)4)35-32(40)42-34(5,6)7/h17-20,22,26H,8-16,21,23-24H2,1-7H3,(H,35,40). The van der Waals surface area contributed by atoms with Crippen LogP contribution in [-0.2, 0) is 27.1 Å². The molecule has 43 heavy (non-hydrogen) atoms. The van der Waals surface area contributed by atoms with Crippen LogP contribution < -0.4 is 5.32 Å². The molecule has 0 atom stereocenters. The number of esters is 1. The van der Waals surface area contributed by atoms with Crippen molar-refractivity contribution in [3.05, 3.63) is 47.6 Å². The van der Waals surface area contributed by atoms with Crippen molar-refractivity contribution in [1.82, 2.24) is 20.4 Å². The van der Waals surface area contributed by atoms with Crippen LogP contribution in [-0.4, -0.2) is 51.4 Å². The zero-order valence-electron chi connectivity index (χ0n) is 27.3. The van der Waals surface area contributed by atoms with Gasteiger partial charge in [-0.3, -0.25) is 5.32 Å². The second kappa shape index (κ2) is 15.9. The van der Waals surface area contributed by atoms with Crippen LogP contribution in [0, 0.1) is 5.92 Å². The van der Waals surface area contributed by atoms with Crippen molar-refractivity contribution in [3.8, 4) is 11.4 Å². The zero-order valence-corrected chi connectivity index (χ0v) is 27.3. The Kier molecular flexibility index (Phi) is 12.6. The molecule has 0 saturated carbocycles. The maximum atomic E-state index is 12.5. The molecule has 0 spiro atoms. The predicted molar refractivity (Wildman–Crippen MR) is 168 cm³/mol. The smallest absolute Gasteiger partial charge is 0.413 e. The molecule has 1 fully saturated rings. The normalized spacial score (nSPS) is 14.4. The molecule has 1 N–H and O–H groups in total. The molecular formula is C34H52N4O5. The molecule has 3 rings (SSSR count). The van der Waals surface area contributed by atoms with E-state index in [-0.39, 0.29) is 5.92 Å². The number of rotatable bonds is 15. The number of unbranched alkanes of at least 4 members (excludes halogenated alkanes) is 7. The molecule has 0 radical (unpaired) electrons. The molecule has 1 aromatic heterocycles. The first kappa shape index (κ1) is 34.1. The van der Waals surface area contributed by atoms with Gasteiger partial charge in [-0.15, -0.1) is 0 Å². The molecule has 1 aliphatic heterocycles. The summed E-state index contributed by atoms with van der Waals surface area (Å²) in [6, 6.07) is 8.45. The van der Waals surface area contributed by atoms with Crippen molar-refractivity contribution < 1.29 is 23.6 Å². The summed E-state index contributed by atoms with van der Waals surface area (Å²) in [7, 11) is 0. The van der Waals surface area contributed by atoms with Gasteiger partial charge in [0, 0.05) is 31.0 Å². The van der Waals surface area contributed by atoms with Gasteiger partial charge in [0.1, 0.15) is 17.0 Å². The van der Waals surface area contributed by atoms with Crippen LogP contribution in [0.4, 0.5) is 4.79 Å². The Morgan fingerprint density at radius 1 is 0.930 bits per heavy atom. The molecule has 1 aromatic carbocycles. The number of amides is 1. The fourth-order valence-electron chi connectivity index (χ4n) is 4.94. The number of benzene rings is 1. The molecule has 9 heteroatoms. The highest BCUT2D eigenvalue weighted by Crippen LogP contribution is 2.25. The van der Waals surface area contributed by atoms with E-state index in [0.717, 1.165) is 12.0 Å². The van der Waals surface area contributed by atoms with Crippen LogP contribution >= 0.6 is 0 Å². The van der Waals surface area contributed by atoms with E-state index in [1.807, 2.05) is 4.90 Å². The van der Waals surface area contributed by atoms with Gasteiger partial charge in [-0.05, 0) is 59.9 Å². The Morgan fingerprint density at radius 3 is 2.14 bits per heavy atom. The Bertz CT molecular complexity index is 1180. The summed E-state index contributed by atoms with van der Waals surface area (Å²) in [5.74, 6) is 1.19. The van der Waals surface area contributed by atoms with Crippen molar-refractivity contribution in [2.24, 2.45) is 5.92 Å². The SMILES string of the molecule is CCCCCCCCCCc1ccc(-c2noc(CC3CN(C(=CC(=O)OC(C)(C)C)NC(=O)OC(C)(C)C)C3)n2)cc1. The number of nitrogens with zero attached hydrogens (tertiary/aromatic N) is 3. The zero-order chi connectivity index (χ0) is 31.5. The average molecular weight is 597 g/mol. The average Bonchev–Trinajstić information content (AvgIpc) is 3.34. The number of nitrogens with one attached hydrogen (secondary N) is 1. The molecule has 0 bridgehead atoms. The molecule has 9 nitrogen and oxygen atoms in total. The van der Waals surface area contributed by atoms with Crippen molar-refractivity contribution in [3.63, 3.8) is 0 Å². The summed E-state index contributed by atoms with van der Waals surface area (Å²) in [6.07, 6.45) is 13.0. The first-order valence-corrected chi connectivity index (χ1v) is 15.9. The molecule has 2 heterocycles. The minimum absolute atomic E-state index is 0.227. The third-order valence-electron chi connectivity index (χ3n) is 7.05. The monoisotopic (exact) mass is 596 g/mol. The number of hydrogen-bond acceptors (Lipinski definition) is 8. The van der Waals surface area contributed by atoms with Gasteiger partial charge >= 0.3 is 12.1 Å². The minimum Gasteiger partial charge on any atom is -0.457 e. The summed E-state index contributed by atoms with van der Waals surface area (Å²) >= 11 is 0. The van der Waals surface area contributed by atoms with Crippen molar-refractivity contribution >= 4 is 12.1 Å². The number of ether oxygens (including phenoxy) is 2. The lowest BCUT2D eigenvalue weighted by Crippen LogP contribution is -2.51. The molecule has 0 unspecified atom stereocenters. The third kappa shape index (κ3) is 12.8. The van der Waals surface area contributed by atoms with Gasteiger partial charge in [-0.1, -0.05) is 81.3 Å². The lowest BCUT2D eigenvalue weighted by Gasteiger charge is -2.41. The maximum Gasteiger partial charge on any atom is 0.413 e. The van der Waals surface area contributed by atoms with Gasteiger partial charge in [0.25, 0.3) is 0 Å². The first-order chi connectivity index (χ1) is 20.3. The summed E-state index contributed by atoms with van der Waals surface area (Å²) in [4.78, 5) is 31.4. The minimum atomic E-state index is -0.665. The van der Waals surface area contributed by atoms with E-state index >= 15 is 0 Å². The molecule has 2 aromatic rings. The second-order valence-electron chi connectivity index (χ2n) is 13.6. The van der Waals surface area contributed by atoms with Crippen molar-refractivity contribution in [2.45, 2.75) is 124 Å². The largest absolute Gasteiger partial charge is 0.457 e. The summed E-state index contributed by atoms with van der Waals surface area (Å²) < 4.78 is 16.4. The molecule has 0 aliphatic carbocycles. The van der Waals surface area contributed by atoms with Crippen molar-refractivity contribution in [1.29, 1.82) is 0 Å². The molecule has 1 saturated heterocycles. The summed E-state index contributed by atoms with van der Waals surface area (Å²) in [6.45, 7) is 14.2. The fraction of sp³-hybridized carbons (Fsp3) is 0.647. The van der Waals surface area contributed by atoms with Crippen molar-refractivity contribution in [2.75, 3.05) is 13.1 Å². The van der Waals surface area contributed by atoms with Gasteiger partial charge in [-0.25, -0.2) is 9.59 Å². The van der Waals surface area contributed by atoms with E-state index in [1.165, 1.54) is 63.0 Å². The van der Waals surface area contributed by atoms with E-state index in [9.17, 15) is 9.59 Å². The van der Waals surface area contributed by atoms with Gasteiger partial charge in [0.05, 0.1) is 6.08 Å². The van der Waals surface area contributed by atoms with E-state index in [0.29, 0.717) is 37.0 Å². The molecule has 1 aliphatic rings. The van der Waals surface area contributed by atoms with Gasteiger partial charge in [0.15, 0.2) is 0 Å². The quantitative estimate of drug-likeness (QED) is 0.127. The highest BCUT2D eigenvalue weighted by Gasteiger charge is 2.32. The number of carbonyl (C=O) groups is 2. The van der Waals surface area contributed by atoms with Crippen LogP contribution in [0.5, 0.6) is 0 Å². The number of likely N-dealkylation sites (tertiary alicyclic amines) is 1. The number of aromatic nitrogens is 2. The molecule has 238 valence electrons. The van der Waals surface area contributed by atoms with Gasteiger partial charge < -0.3 is 18.9 Å². The molecule has 1 amide bonds. The van der Waals surface area contributed by atoms with E-state index in [4.69, 9.17) is 14.0 Å². The summed E-state index contributed by atoms with van der Waals surface area (Å²) in [5, 5.41) is 6.91. The topological polar surface area (TPSA) is 107 Å². The number of aryl methyl sites for hydroxylation is 1. The van der Waals surface area contributed by atoms with Gasteiger partial charge in [0.2, 0.25) is 11.7 Å². The first-order valence-electron chi connectivity index (χ1n) is 15.9. The van der Waals surface area contributed by atoms with E-state index in [2.05, 4.69) is 46.6 Å². The van der Waals surface area contributed by atoms with Gasteiger partial charge in [-0.2, -0.15) is 4.98 Å². The predicted octanol–water partition coefficient (Wildman–Crippen LogP) is 7.60. The highest BCUT2D eigenvalue weighted by atomic mass is 16.6. The van der Waals surface area contributed by atoms with E-state index < -0.39 is 23.3 Å². The number of hydrogen-bond donors (Lipinski definition) is 1. The fourth-order valence-corrected chi connectivity index (χ4v) is 4.94. The Hall–Kier alpha value is -3.36. The van der Waals surface area contributed by atoms with Crippen LogP contribution in [0.15, 0.2) is 40.7 Å². The van der Waals surface area contributed by atoms with Crippen LogP contribution in [0.3, 0.4) is 0 Å². The Morgan fingerprint density at radius 2 is 1.53 bits per heavy atom. The third-order valence-corrected chi connectivity index (χ3v) is 7.05. The molecular weight excluding hydrogens is 544 g/mol. The number of carbonyl (C=O) groups excluding carboxylic acids is 2. The Labute approximate surface area is 257 Å². The van der Waals surface area contributed by atoms with E-state index in [1.54, 1.807) is 41.5 Å². The van der Waals surface area contributed by atoms with Crippen LogP contribution in [0.25, 0.3) is 11.4 Å². The second-order valence-corrected chi connectivity index (χ2v) is 13.6. The number of alkyl carbamates (subject to hydrolysis) is 1. The lowest BCUT2D eigenvalue weighted by molar-refractivity contribution is -0.148. The lowest BCUT2D eigenvalue weighted by atomic mass is 9.96. The van der Waals surface area contributed by atoms with Crippen LogP contribution in [0.1, 0.15) is 111 Å². The summed E-state index contributed by atoms with van der Waals surface area (Å²) in [5.41, 5.74) is 0.963. The Balaban J connectivity index is 1.48. The maximum absolute atomic E-state index is 12.5. The highest BCUT2D eigenvalue weighted by molar-refractivity contribution is 5.84. The van der Waals surface area contributed by atoms with Crippen LogP contribution in [0.2, 0.25) is 0 Å².